The third-order valence-corrected chi connectivity index (χ3v) is 5.83. The van der Waals surface area contributed by atoms with Gasteiger partial charge >= 0.3 is 0 Å². The second-order valence-electron chi connectivity index (χ2n) is 7.73. The molecule has 26 heavy (non-hydrogen) atoms. The Morgan fingerprint density at radius 1 is 1.00 bits per heavy atom. The Kier molecular flexibility index (Phi) is 6.43. The van der Waals surface area contributed by atoms with Crippen molar-refractivity contribution in [3.63, 3.8) is 0 Å². The summed E-state index contributed by atoms with van der Waals surface area (Å²) < 4.78 is 0. The minimum Gasteiger partial charge on any atom is -0.396 e. The van der Waals surface area contributed by atoms with Crippen molar-refractivity contribution < 1.29 is 14.7 Å². The largest absolute Gasteiger partial charge is 0.396 e. The van der Waals surface area contributed by atoms with Crippen LogP contribution in [0.5, 0.6) is 0 Å². The van der Waals surface area contributed by atoms with Crippen LogP contribution in [0.1, 0.15) is 53.3 Å². The molecule has 2 atom stereocenters. The van der Waals surface area contributed by atoms with Crippen LogP contribution in [0.2, 0.25) is 0 Å². The van der Waals surface area contributed by atoms with Crippen molar-refractivity contribution in [2.45, 2.75) is 32.6 Å². The van der Waals surface area contributed by atoms with E-state index in [0.717, 1.165) is 19.6 Å². The van der Waals surface area contributed by atoms with Crippen LogP contribution in [0.25, 0.3) is 0 Å². The first-order chi connectivity index (χ1) is 12.6. The zero-order valence-electron chi connectivity index (χ0n) is 15.7. The van der Waals surface area contributed by atoms with Gasteiger partial charge in [-0.2, -0.15) is 0 Å². The van der Waals surface area contributed by atoms with Gasteiger partial charge in [0.05, 0.1) is 5.56 Å². The fourth-order valence-electron chi connectivity index (χ4n) is 4.32. The fraction of sp³-hybridized carbons (Fsp3) is 0.619. The number of likely N-dealkylation sites (tertiary alicyclic amines) is 2. The van der Waals surface area contributed by atoms with E-state index in [2.05, 4.69) is 4.90 Å². The molecule has 0 radical (unpaired) electrons. The van der Waals surface area contributed by atoms with Crippen LogP contribution in [0.15, 0.2) is 24.3 Å². The van der Waals surface area contributed by atoms with Crippen molar-refractivity contribution >= 4 is 11.7 Å². The Labute approximate surface area is 156 Å². The summed E-state index contributed by atoms with van der Waals surface area (Å²) in [5.41, 5.74) is 0.959. The van der Waals surface area contributed by atoms with Gasteiger partial charge in [-0.15, -0.1) is 0 Å². The molecule has 3 rings (SSSR count). The average Bonchev–Trinajstić information content (AvgIpc) is 2.87. The van der Waals surface area contributed by atoms with Gasteiger partial charge in [0.2, 0.25) is 0 Å². The lowest BCUT2D eigenvalue weighted by molar-refractivity contribution is 0.0773. The van der Waals surface area contributed by atoms with Crippen LogP contribution in [0.3, 0.4) is 0 Å². The first kappa shape index (κ1) is 19.1. The zero-order valence-corrected chi connectivity index (χ0v) is 15.7. The molecule has 0 bridgehead atoms. The van der Waals surface area contributed by atoms with Crippen molar-refractivity contribution in [3.8, 4) is 0 Å². The number of Topliss-reactive ketones (excluding diaryl/α,β-unsaturated/α-hetero) is 1. The summed E-state index contributed by atoms with van der Waals surface area (Å²) in [6.45, 7) is 6.02. The number of nitrogens with zero attached hydrogens (tertiary/aromatic N) is 2. The number of ketones is 1. The Morgan fingerprint density at radius 3 is 2.23 bits per heavy atom. The van der Waals surface area contributed by atoms with Crippen LogP contribution >= 0.6 is 0 Å². The average molecular weight is 358 g/mol. The number of rotatable bonds is 5. The normalized spacial score (nSPS) is 24.5. The molecule has 0 aliphatic carbocycles. The van der Waals surface area contributed by atoms with E-state index in [1.807, 2.05) is 4.90 Å². The van der Waals surface area contributed by atoms with Crippen molar-refractivity contribution in [1.82, 2.24) is 9.80 Å². The molecule has 2 heterocycles. The molecule has 0 saturated carbocycles. The molecular formula is C21H30N2O3. The quantitative estimate of drug-likeness (QED) is 0.822. The highest BCUT2D eigenvalue weighted by atomic mass is 16.3. The van der Waals surface area contributed by atoms with Gasteiger partial charge in [0, 0.05) is 37.7 Å². The van der Waals surface area contributed by atoms with Crippen LogP contribution in [0, 0.1) is 11.8 Å². The van der Waals surface area contributed by atoms with E-state index < -0.39 is 0 Å². The van der Waals surface area contributed by atoms with Crippen LogP contribution in [-0.2, 0) is 0 Å². The molecule has 1 aromatic rings. The lowest BCUT2D eigenvalue weighted by Gasteiger charge is -2.26. The van der Waals surface area contributed by atoms with Gasteiger partial charge in [0.1, 0.15) is 0 Å². The minimum atomic E-state index is -0.0902. The number of amides is 1. The lowest BCUT2D eigenvalue weighted by Crippen LogP contribution is -2.35. The highest BCUT2D eigenvalue weighted by Crippen LogP contribution is 2.27. The van der Waals surface area contributed by atoms with Crippen LogP contribution < -0.4 is 0 Å². The summed E-state index contributed by atoms with van der Waals surface area (Å²) >= 11 is 0. The Hall–Kier alpha value is -1.72. The van der Waals surface area contributed by atoms with E-state index in [1.54, 1.807) is 24.3 Å². The SMILES string of the molecule is CC(=O)c1ccccc1C(=O)N1C[C@@H](CN2CCCCCC2)[C@@H](CO)C1. The van der Waals surface area contributed by atoms with Gasteiger partial charge in [-0.1, -0.05) is 31.0 Å². The maximum absolute atomic E-state index is 13.0. The first-order valence-corrected chi connectivity index (χ1v) is 9.82. The Balaban J connectivity index is 1.70. The molecule has 2 aliphatic rings. The standard InChI is InChI=1S/C21H30N2O3/c1-16(25)19-8-4-5-9-20(19)21(26)23-13-17(18(14-23)15-24)12-22-10-6-2-3-7-11-22/h4-5,8-9,17-18,24H,2-3,6-7,10-15H2,1H3/t17-,18-/m1/s1. The number of aliphatic hydroxyl groups excluding tert-OH is 1. The van der Waals surface area contributed by atoms with Gasteiger partial charge in [-0.05, 0) is 44.8 Å². The summed E-state index contributed by atoms with van der Waals surface area (Å²) in [6, 6.07) is 7.03. The number of hydrogen-bond donors (Lipinski definition) is 1. The van der Waals surface area contributed by atoms with Crippen molar-refractivity contribution in [2.24, 2.45) is 11.8 Å². The van der Waals surface area contributed by atoms with Crippen molar-refractivity contribution in [3.05, 3.63) is 35.4 Å². The molecule has 1 N–H and O–H groups in total. The monoisotopic (exact) mass is 358 g/mol. The van der Waals surface area contributed by atoms with E-state index in [1.165, 1.54) is 32.6 Å². The summed E-state index contributed by atoms with van der Waals surface area (Å²) in [5.74, 6) is 0.235. The Bertz CT molecular complexity index is 638. The number of carbonyl (C=O) groups is 2. The van der Waals surface area contributed by atoms with Gasteiger partial charge in [0.25, 0.3) is 5.91 Å². The number of benzene rings is 1. The molecular weight excluding hydrogens is 328 g/mol. The van der Waals surface area contributed by atoms with Crippen molar-refractivity contribution in [2.75, 3.05) is 39.3 Å². The molecule has 5 heteroatoms. The summed E-state index contributed by atoms with van der Waals surface area (Å²) in [4.78, 5) is 29.2. The second-order valence-corrected chi connectivity index (χ2v) is 7.73. The summed E-state index contributed by atoms with van der Waals surface area (Å²) in [5, 5.41) is 9.82. The molecule has 2 aliphatic heterocycles. The van der Waals surface area contributed by atoms with Gasteiger partial charge in [-0.25, -0.2) is 0 Å². The highest BCUT2D eigenvalue weighted by molar-refractivity contribution is 6.07. The third-order valence-electron chi connectivity index (χ3n) is 5.83. The third kappa shape index (κ3) is 4.33. The highest BCUT2D eigenvalue weighted by Gasteiger charge is 2.36. The van der Waals surface area contributed by atoms with E-state index in [-0.39, 0.29) is 24.2 Å². The molecule has 2 fully saturated rings. The molecule has 142 valence electrons. The molecule has 0 spiro atoms. The van der Waals surface area contributed by atoms with E-state index >= 15 is 0 Å². The summed E-state index contributed by atoms with van der Waals surface area (Å²) in [7, 11) is 0. The van der Waals surface area contributed by atoms with Gasteiger partial charge < -0.3 is 14.9 Å². The predicted octanol–water partition coefficient (Wildman–Crippen LogP) is 2.45. The predicted molar refractivity (Wildman–Crippen MR) is 101 cm³/mol. The topological polar surface area (TPSA) is 60.9 Å². The van der Waals surface area contributed by atoms with Crippen LogP contribution in [-0.4, -0.2) is 65.9 Å². The van der Waals surface area contributed by atoms with Crippen molar-refractivity contribution in [1.29, 1.82) is 0 Å². The van der Waals surface area contributed by atoms with E-state index in [9.17, 15) is 14.7 Å². The van der Waals surface area contributed by atoms with E-state index in [4.69, 9.17) is 0 Å². The maximum atomic E-state index is 13.0. The zero-order chi connectivity index (χ0) is 18.5. The number of carbonyl (C=O) groups excluding carboxylic acids is 2. The molecule has 5 nitrogen and oxygen atoms in total. The maximum Gasteiger partial charge on any atom is 0.254 e. The smallest absolute Gasteiger partial charge is 0.254 e. The fourth-order valence-corrected chi connectivity index (χ4v) is 4.32. The first-order valence-electron chi connectivity index (χ1n) is 9.82. The number of aliphatic hydroxyl groups is 1. The molecule has 0 unspecified atom stereocenters. The van der Waals surface area contributed by atoms with Gasteiger partial charge in [-0.3, -0.25) is 9.59 Å². The molecule has 1 amide bonds. The lowest BCUT2D eigenvalue weighted by atomic mass is 9.96. The van der Waals surface area contributed by atoms with E-state index in [0.29, 0.717) is 30.1 Å². The minimum absolute atomic E-state index is 0.0898. The molecule has 0 aromatic heterocycles. The van der Waals surface area contributed by atoms with Crippen LogP contribution in [0.4, 0.5) is 0 Å². The number of hydrogen-bond acceptors (Lipinski definition) is 4. The second kappa shape index (κ2) is 8.78. The Morgan fingerprint density at radius 2 is 1.62 bits per heavy atom. The molecule has 1 aromatic carbocycles. The summed E-state index contributed by atoms with van der Waals surface area (Å²) in [6.07, 6.45) is 5.09. The molecule has 2 saturated heterocycles. The van der Waals surface area contributed by atoms with Gasteiger partial charge in [0.15, 0.2) is 5.78 Å².